The molecule has 24 heavy (non-hydrogen) atoms. The molecule has 1 saturated heterocycles. The summed E-state index contributed by atoms with van der Waals surface area (Å²) in [6.07, 6.45) is 1.51. The van der Waals surface area contributed by atoms with E-state index in [1.165, 1.54) is 24.3 Å². The van der Waals surface area contributed by atoms with Crippen molar-refractivity contribution in [1.29, 1.82) is 0 Å². The summed E-state index contributed by atoms with van der Waals surface area (Å²) in [5, 5.41) is 23.4. The highest BCUT2D eigenvalue weighted by atomic mass is 32.2. The van der Waals surface area contributed by atoms with Gasteiger partial charge >= 0.3 is 5.69 Å². The van der Waals surface area contributed by atoms with Gasteiger partial charge in [0, 0.05) is 6.07 Å². The zero-order valence-corrected chi connectivity index (χ0v) is 13.0. The van der Waals surface area contributed by atoms with Gasteiger partial charge in [-0.2, -0.15) is 0 Å². The Labute approximate surface area is 140 Å². The molecule has 0 atom stereocenters. The summed E-state index contributed by atoms with van der Waals surface area (Å²) in [6, 6.07) is 13.1. The number of rotatable bonds is 3. The molecule has 0 radical (unpaired) electrons. The van der Waals surface area contributed by atoms with Crippen molar-refractivity contribution in [3.63, 3.8) is 0 Å². The van der Waals surface area contributed by atoms with Crippen LogP contribution in [0.4, 0.5) is 11.4 Å². The number of aliphatic imine (C=N–C) groups is 1. The Balaban J connectivity index is 1.87. The minimum absolute atomic E-state index is 0.328. The molecule has 0 spiro atoms. The Bertz CT molecular complexity index is 878. The zero-order valence-electron chi connectivity index (χ0n) is 12.2. The molecular formula is C16H11N3O4S. The lowest BCUT2D eigenvalue weighted by molar-refractivity contribution is -0.385. The van der Waals surface area contributed by atoms with Gasteiger partial charge in [0.2, 0.25) is 0 Å². The summed E-state index contributed by atoms with van der Waals surface area (Å²) in [6.45, 7) is 0. The van der Waals surface area contributed by atoms with Gasteiger partial charge < -0.3 is 10.4 Å². The van der Waals surface area contributed by atoms with Gasteiger partial charge in [0.05, 0.1) is 15.5 Å². The number of hydrogen-bond donors (Lipinski definition) is 2. The van der Waals surface area contributed by atoms with Gasteiger partial charge in [0.25, 0.3) is 5.91 Å². The highest BCUT2D eigenvalue weighted by Crippen LogP contribution is 2.31. The monoisotopic (exact) mass is 341 g/mol. The van der Waals surface area contributed by atoms with Gasteiger partial charge in [0.1, 0.15) is 0 Å². The van der Waals surface area contributed by atoms with Crippen LogP contribution in [0, 0.1) is 10.1 Å². The average Bonchev–Trinajstić information content (AvgIpc) is 2.89. The first-order valence-corrected chi connectivity index (χ1v) is 7.66. The molecule has 3 rings (SSSR count). The summed E-state index contributed by atoms with van der Waals surface area (Å²) in [5.41, 5.74) is 0.742. The van der Waals surface area contributed by atoms with E-state index in [9.17, 15) is 20.0 Å². The smallest absolute Gasteiger partial charge is 0.311 e. The third-order valence-electron chi connectivity index (χ3n) is 3.13. The van der Waals surface area contributed by atoms with Gasteiger partial charge in [-0.15, -0.1) is 0 Å². The van der Waals surface area contributed by atoms with Crippen LogP contribution >= 0.6 is 11.8 Å². The van der Waals surface area contributed by atoms with Crippen LogP contribution in [-0.4, -0.2) is 21.1 Å². The predicted octanol–water partition coefficient (Wildman–Crippen LogP) is 3.19. The normalized spacial score (nSPS) is 17.2. The maximum absolute atomic E-state index is 12.0. The Morgan fingerprint density at radius 3 is 2.67 bits per heavy atom. The molecule has 0 aliphatic carbocycles. The van der Waals surface area contributed by atoms with E-state index in [1.807, 2.05) is 30.3 Å². The molecule has 8 heteroatoms. The molecule has 0 unspecified atom stereocenters. The van der Waals surface area contributed by atoms with Crippen LogP contribution in [0.5, 0.6) is 5.75 Å². The molecule has 120 valence electrons. The number of carbonyl (C=O) groups excluding carboxylic acids is 1. The highest BCUT2D eigenvalue weighted by molar-refractivity contribution is 8.18. The molecule has 0 bridgehead atoms. The number of para-hydroxylation sites is 1. The minimum atomic E-state index is -0.679. The number of aromatic hydroxyl groups is 1. The Morgan fingerprint density at radius 2 is 1.96 bits per heavy atom. The number of nitro benzene ring substituents is 1. The van der Waals surface area contributed by atoms with E-state index in [4.69, 9.17) is 0 Å². The van der Waals surface area contributed by atoms with Crippen molar-refractivity contribution >= 4 is 40.3 Å². The number of amidine groups is 1. The minimum Gasteiger partial charge on any atom is -0.502 e. The van der Waals surface area contributed by atoms with E-state index in [0.29, 0.717) is 21.3 Å². The number of hydrogen-bond acceptors (Lipinski definition) is 6. The van der Waals surface area contributed by atoms with E-state index < -0.39 is 16.4 Å². The first kappa shape index (κ1) is 15.8. The quantitative estimate of drug-likeness (QED) is 0.507. The van der Waals surface area contributed by atoms with Crippen LogP contribution in [0.1, 0.15) is 5.56 Å². The van der Waals surface area contributed by atoms with E-state index in [-0.39, 0.29) is 5.91 Å². The molecule has 1 aliphatic heterocycles. The number of nitrogens with one attached hydrogen (secondary N) is 1. The second-order valence-electron chi connectivity index (χ2n) is 4.82. The first-order valence-electron chi connectivity index (χ1n) is 6.85. The summed E-state index contributed by atoms with van der Waals surface area (Å²) in [7, 11) is 0. The van der Waals surface area contributed by atoms with Crippen LogP contribution < -0.4 is 5.32 Å². The maximum atomic E-state index is 12.0. The van der Waals surface area contributed by atoms with Gasteiger partial charge in [-0.3, -0.25) is 14.9 Å². The van der Waals surface area contributed by atoms with Crippen molar-refractivity contribution in [2.24, 2.45) is 4.99 Å². The molecule has 1 amide bonds. The van der Waals surface area contributed by atoms with Crippen LogP contribution in [-0.2, 0) is 4.79 Å². The molecule has 1 fully saturated rings. The lowest BCUT2D eigenvalue weighted by Gasteiger charge is -1.98. The number of amides is 1. The Morgan fingerprint density at radius 1 is 1.21 bits per heavy atom. The van der Waals surface area contributed by atoms with Crippen LogP contribution in [0.3, 0.4) is 0 Å². The summed E-state index contributed by atoms with van der Waals surface area (Å²) in [5.74, 6) is -0.748. The maximum Gasteiger partial charge on any atom is 0.311 e. The number of thioether (sulfide) groups is 1. The summed E-state index contributed by atoms with van der Waals surface area (Å²) in [4.78, 5) is 26.9. The second kappa shape index (κ2) is 6.55. The molecular weight excluding hydrogens is 330 g/mol. The summed E-state index contributed by atoms with van der Waals surface area (Å²) < 4.78 is 0. The van der Waals surface area contributed by atoms with Crippen molar-refractivity contribution in [1.82, 2.24) is 5.32 Å². The lowest BCUT2D eigenvalue weighted by Crippen LogP contribution is -2.19. The molecule has 7 nitrogen and oxygen atoms in total. The molecule has 1 heterocycles. The molecule has 2 aromatic carbocycles. The number of nitro groups is 1. The van der Waals surface area contributed by atoms with E-state index in [0.717, 1.165) is 11.8 Å². The molecule has 0 saturated carbocycles. The Kier molecular flexibility index (Phi) is 4.30. The van der Waals surface area contributed by atoms with Crippen molar-refractivity contribution in [3.05, 3.63) is 69.1 Å². The number of phenols is 1. The van der Waals surface area contributed by atoms with Crippen LogP contribution in [0.15, 0.2) is 58.4 Å². The third-order valence-corrected chi connectivity index (χ3v) is 4.04. The summed E-state index contributed by atoms with van der Waals surface area (Å²) >= 11 is 1.14. The number of carbonyl (C=O) groups is 1. The molecule has 2 aromatic rings. The van der Waals surface area contributed by atoms with Gasteiger partial charge in [0.15, 0.2) is 10.9 Å². The lowest BCUT2D eigenvalue weighted by atomic mass is 10.1. The number of nitrogens with zero attached hydrogens (tertiary/aromatic N) is 2. The SMILES string of the molecule is O=C1NC(=Nc2ccccc2)S/C1=C/c1ccc(O)c([N+](=O)[O-])c1. The van der Waals surface area contributed by atoms with Gasteiger partial charge in [-0.1, -0.05) is 24.3 Å². The fourth-order valence-corrected chi connectivity index (χ4v) is 2.87. The van der Waals surface area contributed by atoms with Crippen molar-refractivity contribution < 1.29 is 14.8 Å². The van der Waals surface area contributed by atoms with Crippen LogP contribution in [0.25, 0.3) is 6.08 Å². The highest BCUT2D eigenvalue weighted by Gasteiger charge is 2.24. The topological polar surface area (TPSA) is 105 Å². The Hall–Kier alpha value is -3.13. The molecule has 2 N–H and O–H groups in total. The van der Waals surface area contributed by atoms with Crippen molar-refractivity contribution in [2.45, 2.75) is 0 Å². The first-order chi connectivity index (χ1) is 11.5. The molecule has 0 aromatic heterocycles. The standard InChI is InChI=1S/C16H11N3O4S/c20-13-7-6-10(8-12(13)19(22)23)9-14-15(21)18-16(24-14)17-11-4-2-1-3-5-11/h1-9,20H,(H,17,18,21)/b14-9+. The number of benzene rings is 2. The largest absolute Gasteiger partial charge is 0.502 e. The van der Waals surface area contributed by atoms with E-state index in [2.05, 4.69) is 10.3 Å². The predicted molar refractivity (Wildman–Crippen MR) is 92.0 cm³/mol. The fraction of sp³-hybridized carbons (Fsp3) is 0. The van der Waals surface area contributed by atoms with Gasteiger partial charge in [-0.25, -0.2) is 4.99 Å². The number of phenolic OH excluding ortho intramolecular Hbond substituents is 1. The van der Waals surface area contributed by atoms with E-state index >= 15 is 0 Å². The van der Waals surface area contributed by atoms with Crippen LogP contribution in [0.2, 0.25) is 0 Å². The van der Waals surface area contributed by atoms with Gasteiger partial charge in [-0.05, 0) is 41.6 Å². The average molecular weight is 341 g/mol. The zero-order chi connectivity index (χ0) is 17.1. The van der Waals surface area contributed by atoms with E-state index in [1.54, 1.807) is 0 Å². The molecule has 1 aliphatic rings. The third kappa shape index (κ3) is 3.44. The fourth-order valence-electron chi connectivity index (χ4n) is 2.03. The second-order valence-corrected chi connectivity index (χ2v) is 5.85. The van der Waals surface area contributed by atoms with Crippen molar-refractivity contribution in [3.8, 4) is 5.75 Å². The van der Waals surface area contributed by atoms with Crippen molar-refractivity contribution in [2.75, 3.05) is 0 Å².